The van der Waals surface area contributed by atoms with Crippen molar-refractivity contribution in [2.45, 2.75) is 19.3 Å². The van der Waals surface area contributed by atoms with Crippen molar-refractivity contribution < 1.29 is 4.79 Å². The Morgan fingerprint density at radius 3 is 2.66 bits per heavy atom. The summed E-state index contributed by atoms with van der Waals surface area (Å²) < 4.78 is 0. The first-order valence-corrected chi connectivity index (χ1v) is 11.0. The van der Waals surface area contributed by atoms with Crippen molar-refractivity contribution >= 4 is 34.7 Å². The summed E-state index contributed by atoms with van der Waals surface area (Å²) in [5, 5.41) is 3.47. The minimum absolute atomic E-state index is 0.0700. The lowest BCUT2D eigenvalue weighted by molar-refractivity contribution is 0.0827. The minimum atomic E-state index is -0.0700. The van der Waals surface area contributed by atoms with Gasteiger partial charge in [0.1, 0.15) is 10.8 Å². The van der Waals surface area contributed by atoms with E-state index in [1.165, 1.54) is 24.2 Å². The molecular formula is C22H23ClN4OS. The number of carbonyl (C=O) groups excluding carboxylic acids is 1. The number of amides is 1. The number of anilines is 1. The van der Waals surface area contributed by atoms with Crippen molar-refractivity contribution in [1.29, 1.82) is 0 Å². The Balaban J connectivity index is 1.60. The number of pyridine rings is 1. The third-order valence-corrected chi connectivity index (χ3v) is 6.28. The topological polar surface area (TPSA) is 49.3 Å². The summed E-state index contributed by atoms with van der Waals surface area (Å²) in [7, 11) is 3.45. The molecule has 1 fully saturated rings. The van der Waals surface area contributed by atoms with Gasteiger partial charge in [-0.15, -0.1) is 11.3 Å². The molecule has 0 spiro atoms. The normalized spacial score (nSPS) is 14.1. The van der Waals surface area contributed by atoms with E-state index >= 15 is 0 Å². The average molecular weight is 427 g/mol. The van der Waals surface area contributed by atoms with E-state index in [0.29, 0.717) is 10.6 Å². The molecule has 4 rings (SSSR count). The van der Waals surface area contributed by atoms with E-state index in [2.05, 4.69) is 16.0 Å². The maximum Gasteiger partial charge on any atom is 0.253 e. The van der Waals surface area contributed by atoms with Crippen LogP contribution in [-0.4, -0.2) is 48.0 Å². The summed E-state index contributed by atoms with van der Waals surface area (Å²) >= 11 is 8.06. The summed E-state index contributed by atoms with van der Waals surface area (Å²) in [5.41, 5.74) is 3.27. The Bertz CT molecular complexity index is 1030. The standard InChI is InChI=1S/C22H23ClN4OS/c1-26(2)22(28)16-6-7-17(18(23)12-16)19-14-29-21(25-19)15-8-9-24-20(13-15)27-10-4-3-5-11-27/h6-9,12-14H,3-5,10-11H2,1-2H3. The summed E-state index contributed by atoms with van der Waals surface area (Å²) in [5.74, 6) is 0.947. The Hall–Kier alpha value is -2.44. The minimum Gasteiger partial charge on any atom is -0.357 e. The van der Waals surface area contributed by atoms with Crippen LogP contribution >= 0.6 is 22.9 Å². The molecule has 0 N–H and O–H groups in total. The molecule has 7 heteroatoms. The fraction of sp³-hybridized carbons (Fsp3) is 0.318. The van der Waals surface area contributed by atoms with Crippen molar-refractivity contribution in [2.75, 3.05) is 32.1 Å². The Labute approximate surface area is 180 Å². The van der Waals surface area contributed by atoms with Gasteiger partial charge in [-0.25, -0.2) is 9.97 Å². The van der Waals surface area contributed by atoms with E-state index in [4.69, 9.17) is 16.6 Å². The number of nitrogens with zero attached hydrogens (tertiary/aromatic N) is 4. The fourth-order valence-corrected chi connectivity index (χ4v) is 4.59. The average Bonchev–Trinajstić information content (AvgIpc) is 3.24. The predicted octanol–water partition coefficient (Wildman–Crippen LogP) is 5.22. The number of halogens is 1. The molecule has 29 heavy (non-hydrogen) atoms. The number of hydrogen-bond acceptors (Lipinski definition) is 5. The molecule has 1 aliphatic rings. The lowest BCUT2D eigenvalue weighted by atomic mass is 10.1. The van der Waals surface area contributed by atoms with E-state index < -0.39 is 0 Å². The highest BCUT2D eigenvalue weighted by molar-refractivity contribution is 7.13. The number of aromatic nitrogens is 2. The van der Waals surface area contributed by atoms with Crippen molar-refractivity contribution in [3.05, 3.63) is 52.5 Å². The second kappa shape index (κ2) is 8.51. The molecule has 0 radical (unpaired) electrons. The second-order valence-corrected chi connectivity index (χ2v) is 8.65. The molecular weight excluding hydrogens is 404 g/mol. The van der Waals surface area contributed by atoms with E-state index in [0.717, 1.165) is 40.7 Å². The van der Waals surface area contributed by atoms with Gasteiger partial charge in [0.05, 0.1) is 10.7 Å². The number of piperidine rings is 1. The van der Waals surface area contributed by atoms with E-state index in [1.807, 2.05) is 23.7 Å². The molecule has 0 unspecified atom stereocenters. The van der Waals surface area contributed by atoms with Crippen LogP contribution in [0.15, 0.2) is 41.9 Å². The SMILES string of the molecule is CN(C)C(=O)c1ccc(-c2csc(-c3ccnc(N4CCCCC4)c3)n2)c(Cl)c1. The van der Waals surface area contributed by atoms with Crippen LogP contribution < -0.4 is 4.90 Å². The molecule has 1 saturated heterocycles. The molecule has 0 atom stereocenters. The Kier molecular flexibility index (Phi) is 5.83. The maximum absolute atomic E-state index is 12.1. The molecule has 0 saturated carbocycles. The Morgan fingerprint density at radius 2 is 1.93 bits per heavy atom. The highest BCUT2D eigenvalue weighted by Crippen LogP contribution is 2.34. The van der Waals surface area contributed by atoms with Crippen molar-refractivity contribution in [3.8, 4) is 21.8 Å². The van der Waals surface area contributed by atoms with Gasteiger partial charge in [0.25, 0.3) is 5.91 Å². The van der Waals surface area contributed by atoms with Crippen LogP contribution in [0.3, 0.4) is 0 Å². The van der Waals surface area contributed by atoms with Crippen LogP contribution in [0.25, 0.3) is 21.8 Å². The monoisotopic (exact) mass is 426 g/mol. The lowest BCUT2D eigenvalue weighted by Crippen LogP contribution is -2.30. The van der Waals surface area contributed by atoms with Crippen molar-refractivity contribution in [2.24, 2.45) is 0 Å². The van der Waals surface area contributed by atoms with Gasteiger partial charge in [-0.2, -0.15) is 0 Å². The first-order valence-electron chi connectivity index (χ1n) is 9.71. The second-order valence-electron chi connectivity index (χ2n) is 7.38. The molecule has 0 aliphatic carbocycles. The molecule has 3 aromatic rings. The summed E-state index contributed by atoms with van der Waals surface area (Å²) in [4.78, 5) is 25.4. The van der Waals surface area contributed by atoms with E-state index in [-0.39, 0.29) is 5.91 Å². The van der Waals surface area contributed by atoms with E-state index in [9.17, 15) is 4.79 Å². The molecule has 1 aliphatic heterocycles. The van der Waals surface area contributed by atoms with Gasteiger partial charge in [-0.05, 0) is 43.5 Å². The largest absolute Gasteiger partial charge is 0.357 e. The van der Waals surface area contributed by atoms with Gasteiger partial charge in [-0.1, -0.05) is 17.7 Å². The predicted molar refractivity (Wildman–Crippen MR) is 120 cm³/mol. The first kappa shape index (κ1) is 19.9. The van der Waals surface area contributed by atoms with Gasteiger partial charge in [0, 0.05) is 55.5 Å². The number of benzene rings is 1. The van der Waals surface area contributed by atoms with Crippen LogP contribution in [0.1, 0.15) is 29.6 Å². The lowest BCUT2D eigenvalue weighted by Gasteiger charge is -2.27. The molecule has 2 aromatic heterocycles. The molecule has 3 heterocycles. The molecule has 5 nitrogen and oxygen atoms in total. The zero-order valence-electron chi connectivity index (χ0n) is 16.6. The summed E-state index contributed by atoms with van der Waals surface area (Å²) in [6, 6.07) is 9.48. The van der Waals surface area contributed by atoms with Gasteiger partial charge in [-0.3, -0.25) is 4.79 Å². The summed E-state index contributed by atoms with van der Waals surface area (Å²) in [6.45, 7) is 2.13. The third-order valence-electron chi connectivity index (χ3n) is 5.07. The Morgan fingerprint density at radius 1 is 1.14 bits per heavy atom. The molecule has 0 bridgehead atoms. The zero-order chi connectivity index (χ0) is 20.4. The van der Waals surface area contributed by atoms with Crippen molar-refractivity contribution in [3.63, 3.8) is 0 Å². The first-order chi connectivity index (χ1) is 14.0. The molecule has 1 aromatic carbocycles. The number of carbonyl (C=O) groups is 1. The summed E-state index contributed by atoms with van der Waals surface area (Å²) in [6.07, 6.45) is 5.59. The van der Waals surface area contributed by atoms with Crippen LogP contribution in [0.2, 0.25) is 5.02 Å². The van der Waals surface area contributed by atoms with Crippen LogP contribution in [0.5, 0.6) is 0 Å². The van der Waals surface area contributed by atoms with Crippen LogP contribution in [-0.2, 0) is 0 Å². The van der Waals surface area contributed by atoms with Crippen LogP contribution in [0, 0.1) is 0 Å². The van der Waals surface area contributed by atoms with Crippen LogP contribution in [0.4, 0.5) is 5.82 Å². The van der Waals surface area contributed by atoms with Gasteiger partial charge in [0.15, 0.2) is 0 Å². The van der Waals surface area contributed by atoms with Gasteiger partial charge < -0.3 is 9.80 Å². The molecule has 1 amide bonds. The quantitative estimate of drug-likeness (QED) is 0.574. The zero-order valence-corrected chi connectivity index (χ0v) is 18.1. The number of thiazole rings is 1. The molecule has 150 valence electrons. The third kappa shape index (κ3) is 4.28. The van der Waals surface area contributed by atoms with Gasteiger partial charge >= 0.3 is 0 Å². The van der Waals surface area contributed by atoms with Gasteiger partial charge in [0.2, 0.25) is 0 Å². The smallest absolute Gasteiger partial charge is 0.253 e. The highest BCUT2D eigenvalue weighted by atomic mass is 35.5. The van der Waals surface area contributed by atoms with Crippen molar-refractivity contribution in [1.82, 2.24) is 14.9 Å². The fourth-order valence-electron chi connectivity index (χ4n) is 3.49. The van der Waals surface area contributed by atoms with E-state index in [1.54, 1.807) is 37.6 Å². The highest BCUT2D eigenvalue weighted by Gasteiger charge is 2.16. The maximum atomic E-state index is 12.1. The number of rotatable bonds is 4. The number of hydrogen-bond donors (Lipinski definition) is 0.